The predicted molar refractivity (Wildman–Crippen MR) is 25.6 cm³/mol. The van der Waals surface area contributed by atoms with E-state index in [4.69, 9.17) is 11.0 Å². The molecule has 1 radical (unpaired) electrons. The Labute approximate surface area is 46.5 Å². The first kappa shape index (κ1) is 5.06. The molecule has 1 aliphatic rings. The molecule has 0 aromatic carbocycles. The van der Waals surface area contributed by atoms with Gasteiger partial charge in [-0.25, -0.2) is 0 Å². The van der Waals surface area contributed by atoms with E-state index in [0.717, 1.165) is 0 Å². The fraction of sp³-hybridized carbons (Fsp3) is 0.500. The van der Waals surface area contributed by atoms with Crippen LogP contribution in [0.5, 0.6) is 0 Å². The maximum Gasteiger partial charge on any atom is 0.198 e. The molecule has 8 heavy (non-hydrogen) atoms. The summed E-state index contributed by atoms with van der Waals surface area (Å²) in [6.45, 7) is 0. The minimum atomic E-state index is -0.611. The fourth-order valence-electron chi connectivity index (χ4n) is 0.385. The molecule has 0 aliphatic carbocycles. The van der Waals surface area contributed by atoms with E-state index in [0.29, 0.717) is 0 Å². The maximum absolute atomic E-state index is 8.20. The van der Waals surface area contributed by atoms with Gasteiger partial charge in [-0.2, -0.15) is 5.26 Å². The molecule has 2 N–H and O–H groups in total. The van der Waals surface area contributed by atoms with Crippen LogP contribution in [0.1, 0.15) is 0 Å². The van der Waals surface area contributed by atoms with Crippen LogP contribution in [-0.4, -0.2) is 12.4 Å². The Morgan fingerprint density at radius 2 is 2.62 bits per heavy atom. The fourth-order valence-corrected chi connectivity index (χ4v) is 0.385. The molecule has 0 saturated heterocycles. The summed E-state index contributed by atoms with van der Waals surface area (Å²) in [5, 5.41) is 11.4. The maximum atomic E-state index is 8.20. The lowest BCUT2D eigenvalue weighted by atomic mass is 10.2. The van der Waals surface area contributed by atoms with Crippen LogP contribution in [0.4, 0.5) is 0 Å². The second kappa shape index (κ2) is 1.80. The average molecular weight is 110 g/mol. The minimum absolute atomic E-state index is 0.491. The summed E-state index contributed by atoms with van der Waals surface area (Å²) in [5.41, 5.74) is 5.19. The molecular formula is C4H4N3O. The summed E-state index contributed by atoms with van der Waals surface area (Å²) in [4.78, 5) is 4.43. The lowest BCUT2D eigenvalue weighted by Crippen LogP contribution is -2.26. The second-order valence-corrected chi connectivity index (χ2v) is 1.40. The van der Waals surface area contributed by atoms with Crippen LogP contribution in [0.2, 0.25) is 0 Å². The number of nitrogens with two attached hydrogens (primary N) is 1. The molecule has 4 nitrogen and oxygen atoms in total. The molecule has 0 spiro atoms. The molecule has 41 valence electrons. The van der Waals surface area contributed by atoms with Crippen molar-refractivity contribution in [3.8, 4) is 6.07 Å². The summed E-state index contributed by atoms with van der Waals surface area (Å²) in [6, 6.07) is 1.86. The molecule has 0 aromatic rings. The Morgan fingerprint density at radius 1 is 1.88 bits per heavy atom. The number of rotatable bonds is 0. The third kappa shape index (κ3) is 0.634. The first-order valence-electron chi connectivity index (χ1n) is 2.11. The third-order valence-corrected chi connectivity index (χ3v) is 0.834. The van der Waals surface area contributed by atoms with E-state index in [2.05, 4.69) is 16.2 Å². The zero-order chi connectivity index (χ0) is 5.98. The van der Waals surface area contributed by atoms with Crippen molar-refractivity contribution in [1.29, 1.82) is 5.26 Å². The molecule has 2 unspecified atom stereocenters. The van der Waals surface area contributed by atoms with Crippen molar-refractivity contribution in [3.05, 3.63) is 0 Å². The van der Waals surface area contributed by atoms with Gasteiger partial charge in [0.15, 0.2) is 6.23 Å². The highest BCUT2D eigenvalue weighted by molar-refractivity contribution is 5.65. The smallest absolute Gasteiger partial charge is 0.198 e. The molecule has 0 saturated carbocycles. The zero-order valence-corrected chi connectivity index (χ0v) is 4.03. The molecule has 0 aromatic heterocycles. The van der Waals surface area contributed by atoms with Crippen LogP contribution in [0.3, 0.4) is 0 Å². The van der Waals surface area contributed by atoms with Crippen LogP contribution in [0, 0.1) is 17.2 Å². The molecule has 1 heterocycles. The summed E-state index contributed by atoms with van der Waals surface area (Å²) < 4.78 is 0. The molecule has 4 heteroatoms. The van der Waals surface area contributed by atoms with Crippen LogP contribution >= 0.6 is 0 Å². The Bertz CT molecular complexity index is 148. The van der Waals surface area contributed by atoms with Crippen molar-refractivity contribution in [2.24, 2.45) is 16.8 Å². The summed E-state index contributed by atoms with van der Waals surface area (Å²) >= 11 is 0. The number of nitrogens with zero attached hydrogens (tertiary/aromatic N) is 2. The van der Waals surface area contributed by atoms with Gasteiger partial charge >= 0.3 is 0 Å². The molecule has 1 rings (SSSR count). The van der Waals surface area contributed by atoms with Crippen molar-refractivity contribution in [2.75, 3.05) is 0 Å². The van der Waals surface area contributed by atoms with E-state index in [1.807, 2.05) is 6.07 Å². The summed E-state index contributed by atoms with van der Waals surface area (Å²) in [5.74, 6) is -0.491. The molecule has 2 atom stereocenters. The van der Waals surface area contributed by atoms with Gasteiger partial charge in [-0.3, -0.25) is 5.73 Å². The van der Waals surface area contributed by atoms with Gasteiger partial charge < -0.3 is 4.84 Å². The van der Waals surface area contributed by atoms with Gasteiger partial charge in [0, 0.05) is 0 Å². The van der Waals surface area contributed by atoms with Gasteiger partial charge in [0.05, 0.1) is 6.07 Å². The van der Waals surface area contributed by atoms with E-state index < -0.39 is 12.1 Å². The van der Waals surface area contributed by atoms with E-state index in [1.54, 1.807) is 0 Å². The highest BCUT2D eigenvalue weighted by Gasteiger charge is 2.22. The monoisotopic (exact) mass is 110 g/mol. The molecular weight excluding hydrogens is 106 g/mol. The molecule has 0 amide bonds. The van der Waals surface area contributed by atoms with Crippen molar-refractivity contribution in [3.63, 3.8) is 0 Å². The molecule has 0 bridgehead atoms. The number of nitriles is 1. The van der Waals surface area contributed by atoms with Gasteiger partial charge in [0.1, 0.15) is 12.1 Å². The van der Waals surface area contributed by atoms with Gasteiger partial charge in [0.25, 0.3) is 0 Å². The highest BCUT2D eigenvalue weighted by Crippen LogP contribution is 2.05. The van der Waals surface area contributed by atoms with E-state index in [-0.39, 0.29) is 0 Å². The van der Waals surface area contributed by atoms with Crippen molar-refractivity contribution in [2.45, 2.75) is 6.23 Å². The Kier molecular flexibility index (Phi) is 1.14. The zero-order valence-electron chi connectivity index (χ0n) is 4.03. The highest BCUT2D eigenvalue weighted by atomic mass is 16.7. The van der Waals surface area contributed by atoms with Gasteiger partial charge in [-0.05, 0) is 0 Å². The lowest BCUT2D eigenvalue weighted by molar-refractivity contribution is 0.0775. The largest absolute Gasteiger partial charge is 0.375 e. The van der Waals surface area contributed by atoms with E-state index in [9.17, 15) is 0 Å². The van der Waals surface area contributed by atoms with Crippen molar-refractivity contribution >= 4 is 6.21 Å². The third-order valence-electron chi connectivity index (χ3n) is 0.834. The van der Waals surface area contributed by atoms with Crippen LogP contribution in [0.15, 0.2) is 5.16 Å². The normalized spacial score (nSPS) is 34.0. The predicted octanol–water partition coefficient (Wildman–Crippen LogP) is -0.696. The van der Waals surface area contributed by atoms with Crippen molar-refractivity contribution in [1.82, 2.24) is 0 Å². The van der Waals surface area contributed by atoms with Crippen LogP contribution < -0.4 is 5.73 Å². The minimum Gasteiger partial charge on any atom is -0.375 e. The molecule has 1 aliphatic heterocycles. The summed E-state index contributed by atoms with van der Waals surface area (Å²) in [7, 11) is 0. The van der Waals surface area contributed by atoms with Crippen molar-refractivity contribution < 1.29 is 4.84 Å². The number of hydrogen-bond donors (Lipinski definition) is 1. The van der Waals surface area contributed by atoms with Crippen LogP contribution in [-0.2, 0) is 4.84 Å². The first-order valence-corrected chi connectivity index (χ1v) is 2.11. The Hall–Kier alpha value is -1.08. The van der Waals surface area contributed by atoms with Crippen LogP contribution in [0.25, 0.3) is 0 Å². The average Bonchev–Trinajstić information content (AvgIpc) is 2.14. The first-order chi connectivity index (χ1) is 3.84. The topological polar surface area (TPSA) is 71.4 Å². The summed E-state index contributed by atoms with van der Waals surface area (Å²) in [6.07, 6.45) is 1.76. The Balaban J connectivity index is 2.57. The second-order valence-electron chi connectivity index (χ2n) is 1.40. The SMILES string of the molecule is N#CC1[C]=NOC1N. The van der Waals surface area contributed by atoms with Gasteiger partial charge in [0.2, 0.25) is 0 Å². The quantitative estimate of drug-likeness (QED) is 0.448. The Morgan fingerprint density at radius 3 is 2.88 bits per heavy atom. The van der Waals surface area contributed by atoms with Gasteiger partial charge in [-0.1, -0.05) is 5.16 Å². The number of hydrogen-bond acceptors (Lipinski definition) is 4. The standard InChI is InChI=1S/C4H4N3O/c5-1-3-2-7-8-4(3)6/h3-4H,6H2. The lowest BCUT2D eigenvalue weighted by Gasteiger charge is -1.99. The van der Waals surface area contributed by atoms with Gasteiger partial charge in [-0.15, -0.1) is 0 Å². The van der Waals surface area contributed by atoms with E-state index in [1.165, 1.54) is 0 Å². The van der Waals surface area contributed by atoms with E-state index >= 15 is 0 Å². The molecule has 0 fully saturated rings.